The molecule has 206 valence electrons. The van der Waals surface area contributed by atoms with Crippen LogP contribution in [0.4, 0.5) is 5.69 Å². The summed E-state index contributed by atoms with van der Waals surface area (Å²) < 4.78 is 5.45. The molecule has 3 aromatic rings. The van der Waals surface area contributed by atoms with Crippen LogP contribution in [0.3, 0.4) is 0 Å². The molecule has 2 aliphatic carbocycles. The van der Waals surface area contributed by atoms with Crippen molar-refractivity contribution in [2.45, 2.75) is 51.0 Å². The fourth-order valence-electron chi connectivity index (χ4n) is 7.09. The summed E-state index contributed by atoms with van der Waals surface area (Å²) in [6.07, 6.45) is 6.76. The van der Waals surface area contributed by atoms with E-state index in [0.29, 0.717) is 12.0 Å². The predicted molar refractivity (Wildman–Crippen MR) is 161 cm³/mol. The monoisotopic (exact) mass is 534 g/mol. The third kappa shape index (κ3) is 4.19. The van der Waals surface area contributed by atoms with E-state index in [1.165, 1.54) is 31.4 Å². The molecule has 40 heavy (non-hydrogen) atoms. The Hall–Kier alpha value is -3.40. The number of hydrogen-bond acceptors (Lipinski definition) is 5. The van der Waals surface area contributed by atoms with E-state index in [0.717, 1.165) is 83.8 Å². The number of H-pyrrole nitrogens is 1. The number of fused-ring (bicyclic) bond motifs is 4. The van der Waals surface area contributed by atoms with Crippen LogP contribution < -0.4 is 4.90 Å². The minimum absolute atomic E-state index is 0.0951. The van der Waals surface area contributed by atoms with Crippen molar-refractivity contribution in [3.8, 4) is 11.8 Å². The van der Waals surface area contributed by atoms with Crippen LogP contribution >= 0.6 is 0 Å². The number of aromatic amines is 1. The molecular weight excluding hydrogens is 496 g/mol. The highest BCUT2D eigenvalue weighted by atomic mass is 16.5. The van der Waals surface area contributed by atoms with Crippen molar-refractivity contribution >= 4 is 28.6 Å². The molecule has 2 aromatic carbocycles. The van der Waals surface area contributed by atoms with E-state index >= 15 is 0 Å². The summed E-state index contributed by atoms with van der Waals surface area (Å²) in [5.74, 6) is 7.74. The summed E-state index contributed by atoms with van der Waals surface area (Å²) >= 11 is 0. The smallest absolute Gasteiger partial charge is 0.195 e. The molecule has 3 heterocycles. The zero-order chi connectivity index (χ0) is 27.4. The van der Waals surface area contributed by atoms with Gasteiger partial charge in [-0.2, -0.15) is 0 Å². The van der Waals surface area contributed by atoms with Gasteiger partial charge >= 0.3 is 0 Å². The Labute approximate surface area is 236 Å². The standard InChI is InChI=1S/C34H38N4O2/c1-34(2)28-18-30(38-14-12-37(13-15-38)25-20-40-21-25)24(10-8-22-6-4-5-7-22)17-27(28)32(39)31-26-11-9-23(19-35-3)16-29(26)36-33(31)34/h9,11,16-19,22,25,36H,4-7,12-15,20-21H2,1-3H3. The molecule has 6 nitrogen and oxygen atoms in total. The highest BCUT2D eigenvalue weighted by Gasteiger charge is 2.41. The van der Waals surface area contributed by atoms with E-state index in [9.17, 15) is 4.79 Å². The number of ether oxygens (including phenoxy) is 1. The lowest BCUT2D eigenvalue weighted by atomic mass is 9.70. The highest BCUT2D eigenvalue weighted by Crippen LogP contribution is 2.45. The fraction of sp³-hybridized carbons (Fsp3) is 0.471. The number of carbonyl (C=O) groups excluding carboxylic acids is 1. The third-order valence-electron chi connectivity index (χ3n) is 9.56. The van der Waals surface area contributed by atoms with E-state index < -0.39 is 0 Å². The minimum atomic E-state index is -0.353. The molecule has 0 unspecified atom stereocenters. The Morgan fingerprint density at radius 3 is 2.55 bits per heavy atom. The number of ketones is 1. The number of carbonyl (C=O) groups is 1. The molecule has 0 amide bonds. The van der Waals surface area contributed by atoms with E-state index in [4.69, 9.17) is 4.74 Å². The number of nitrogens with zero attached hydrogens (tertiary/aromatic N) is 3. The number of aromatic nitrogens is 1. The molecule has 2 aliphatic heterocycles. The van der Waals surface area contributed by atoms with Gasteiger partial charge in [-0.1, -0.05) is 50.7 Å². The first-order valence-corrected chi connectivity index (χ1v) is 14.8. The molecule has 0 radical (unpaired) electrons. The second-order valence-electron chi connectivity index (χ2n) is 12.4. The molecule has 1 aromatic heterocycles. The molecule has 2 saturated heterocycles. The van der Waals surface area contributed by atoms with Crippen LogP contribution in [0.25, 0.3) is 10.9 Å². The van der Waals surface area contributed by atoms with Crippen molar-refractivity contribution in [3.05, 3.63) is 63.8 Å². The van der Waals surface area contributed by atoms with Crippen LogP contribution in [0.1, 0.15) is 77.8 Å². The van der Waals surface area contributed by atoms with Gasteiger partial charge in [0.1, 0.15) is 0 Å². The van der Waals surface area contributed by atoms with Crippen molar-refractivity contribution in [2.24, 2.45) is 10.9 Å². The van der Waals surface area contributed by atoms with Gasteiger partial charge in [0.05, 0.1) is 30.5 Å². The minimum Gasteiger partial charge on any atom is -0.378 e. The molecule has 0 atom stereocenters. The first-order chi connectivity index (χ1) is 19.4. The van der Waals surface area contributed by atoms with Gasteiger partial charge in [-0.25, -0.2) is 0 Å². The van der Waals surface area contributed by atoms with Crippen molar-refractivity contribution in [1.82, 2.24) is 9.88 Å². The topological polar surface area (TPSA) is 60.9 Å². The maximum Gasteiger partial charge on any atom is 0.195 e. The van der Waals surface area contributed by atoms with E-state index in [-0.39, 0.29) is 11.2 Å². The number of rotatable bonds is 3. The Morgan fingerprint density at radius 1 is 1.07 bits per heavy atom. The lowest BCUT2D eigenvalue weighted by Crippen LogP contribution is -2.56. The summed E-state index contributed by atoms with van der Waals surface area (Å²) in [5.41, 5.74) is 7.50. The Balaban J connectivity index is 1.32. The fourth-order valence-corrected chi connectivity index (χ4v) is 7.09. The molecule has 1 N–H and O–H groups in total. The number of anilines is 1. The van der Waals surface area contributed by atoms with Gasteiger partial charge in [0.15, 0.2) is 5.78 Å². The highest BCUT2D eigenvalue weighted by molar-refractivity contribution is 6.20. The number of nitrogens with one attached hydrogen (secondary N) is 1. The molecule has 4 aliphatic rings. The van der Waals surface area contributed by atoms with E-state index in [2.05, 4.69) is 69.7 Å². The number of piperazine rings is 1. The molecular formula is C34H38N4O2. The molecule has 6 heteroatoms. The van der Waals surface area contributed by atoms with Gasteiger partial charge in [0.25, 0.3) is 0 Å². The quantitative estimate of drug-likeness (QED) is 0.373. The lowest BCUT2D eigenvalue weighted by molar-refractivity contribution is -0.0660. The molecule has 1 saturated carbocycles. The summed E-state index contributed by atoms with van der Waals surface area (Å²) in [7, 11) is 1.78. The second-order valence-corrected chi connectivity index (χ2v) is 12.4. The predicted octanol–water partition coefficient (Wildman–Crippen LogP) is 5.15. The Morgan fingerprint density at radius 2 is 1.85 bits per heavy atom. The van der Waals surface area contributed by atoms with Gasteiger partial charge in [-0.15, -0.1) is 0 Å². The zero-order valence-electron chi connectivity index (χ0n) is 23.8. The van der Waals surface area contributed by atoms with Crippen molar-refractivity contribution < 1.29 is 9.53 Å². The van der Waals surface area contributed by atoms with Crippen molar-refractivity contribution in [1.29, 1.82) is 0 Å². The second kappa shape index (κ2) is 9.90. The third-order valence-corrected chi connectivity index (χ3v) is 9.56. The molecule has 3 fully saturated rings. The number of hydrogen-bond donors (Lipinski definition) is 1. The van der Waals surface area contributed by atoms with Crippen LogP contribution in [-0.4, -0.2) is 74.4 Å². The Kier molecular flexibility index (Phi) is 6.33. The van der Waals surface area contributed by atoms with E-state index in [1.807, 2.05) is 12.3 Å². The van der Waals surface area contributed by atoms with Gasteiger partial charge in [0.2, 0.25) is 0 Å². The number of benzene rings is 2. The summed E-state index contributed by atoms with van der Waals surface area (Å²) in [5, 5.41) is 0.978. The zero-order valence-corrected chi connectivity index (χ0v) is 23.8. The summed E-state index contributed by atoms with van der Waals surface area (Å²) in [6.45, 7) is 10.2. The average molecular weight is 535 g/mol. The SMILES string of the molecule is CN=Cc1ccc2c3c([nH]c2c1)C(C)(C)c1cc(N2CCN(C4COC4)CC2)c(C#CC2CCCC2)cc1C3=O. The van der Waals surface area contributed by atoms with E-state index in [1.54, 1.807) is 7.05 Å². The van der Waals surface area contributed by atoms with Crippen LogP contribution in [0.5, 0.6) is 0 Å². The largest absolute Gasteiger partial charge is 0.378 e. The van der Waals surface area contributed by atoms with Gasteiger partial charge in [-0.3, -0.25) is 14.7 Å². The van der Waals surface area contributed by atoms with Crippen LogP contribution in [0.2, 0.25) is 0 Å². The van der Waals surface area contributed by atoms with Crippen LogP contribution in [0.15, 0.2) is 35.3 Å². The van der Waals surface area contributed by atoms with Crippen molar-refractivity contribution in [3.63, 3.8) is 0 Å². The average Bonchev–Trinajstić information content (AvgIpc) is 3.58. The first-order valence-electron chi connectivity index (χ1n) is 14.8. The maximum absolute atomic E-state index is 14.2. The lowest BCUT2D eigenvalue weighted by Gasteiger charge is -2.43. The van der Waals surface area contributed by atoms with Gasteiger partial charge < -0.3 is 14.6 Å². The summed E-state index contributed by atoms with van der Waals surface area (Å²) in [4.78, 5) is 27.1. The van der Waals surface area contributed by atoms with Crippen molar-refractivity contribution in [2.75, 3.05) is 51.3 Å². The molecule has 0 spiro atoms. The maximum atomic E-state index is 14.2. The van der Waals surface area contributed by atoms with Gasteiger partial charge in [-0.05, 0) is 42.2 Å². The molecule has 7 rings (SSSR count). The normalized spacial score (nSPS) is 21.4. The molecule has 0 bridgehead atoms. The first kappa shape index (κ1) is 25.6. The number of aliphatic imine (C=N–C) groups is 1. The van der Waals surface area contributed by atoms with Crippen LogP contribution in [-0.2, 0) is 10.2 Å². The van der Waals surface area contributed by atoms with Crippen LogP contribution in [0, 0.1) is 17.8 Å². The Bertz CT molecular complexity index is 1570. The van der Waals surface area contributed by atoms with Gasteiger partial charge in [0, 0.05) is 78.5 Å². The summed E-state index contributed by atoms with van der Waals surface area (Å²) in [6, 6.07) is 11.2.